The number of carbonyl (C=O) groups is 1. The van der Waals surface area contributed by atoms with Gasteiger partial charge in [-0.15, -0.1) is 4.41 Å². The third-order valence-electron chi connectivity index (χ3n) is 4.67. The van der Waals surface area contributed by atoms with Gasteiger partial charge in [0.05, 0.1) is 23.5 Å². The van der Waals surface area contributed by atoms with Gasteiger partial charge in [0, 0.05) is 6.61 Å². The number of hydrogen-bond donors (Lipinski definition) is 2. The molecule has 0 bridgehead atoms. The van der Waals surface area contributed by atoms with Gasteiger partial charge in [0.25, 0.3) is 10.0 Å². The molecule has 1 amide bonds. The third-order valence-corrected chi connectivity index (χ3v) is 6.39. The van der Waals surface area contributed by atoms with E-state index in [0.717, 1.165) is 9.98 Å². The molecule has 26 heavy (non-hydrogen) atoms. The van der Waals surface area contributed by atoms with Gasteiger partial charge in [-0.3, -0.25) is 10.2 Å². The molecule has 0 radical (unpaired) electrons. The van der Waals surface area contributed by atoms with Crippen molar-refractivity contribution < 1.29 is 27.8 Å². The number of sulfonamides is 1. The molecule has 0 aliphatic carbocycles. The van der Waals surface area contributed by atoms with Crippen LogP contribution in [-0.4, -0.2) is 55.0 Å². The second-order valence-corrected chi connectivity index (χ2v) is 8.88. The number of nitrogens with zero attached hydrogens (tertiary/aromatic N) is 1. The molecule has 2 aliphatic rings. The molecule has 1 aromatic rings. The number of amides is 1. The van der Waals surface area contributed by atoms with Crippen LogP contribution in [0.15, 0.2) is 29.2 Å². The highest BCUT2D eigenvalue weighted by Gasteiger charge is 2.53. The first-order valence-corrected chi connectivity index (χ1v) is 9.94. The molecule has 0 saturated carbocycles. The average molecular weight is 384 g/mol. The van der Waals surface area contributed by atoms with Gasteiger partial charge in [-0.1, -0.05) is 17.7 Å². The van der Waals surface area contributed by atoms with Crippen LogP contribution in [0, 0.1) is 12.8 Å². The molecule has 2 aliphatic heterocycles. The van der Waals surface area contributed by atoms with Crippen LogP contribution >= 0.6 is 0 Å². The number of nitrogens with one attached hydrogen (secondary N) is 1. The fraction of sp³-hybridized carbons (Fsp3) is 0.588. The van der Waals surface area contributed by atoms with Crippen molar-refractivity contribution in [2.45, 2.75) is 50.0 Å². The van der Waals surface area contributed by atoms with Crippen molar-refractivity contribution in [1.29, 1.82) is 0 Å². The molecule has 0 aromatic heterocycles. The van der Waals surface area contributed by atoms with Crippen molar-refractivity contribution in [3.8, 4) is 0 Å². The smallest absolute Gasteiger partial charge is 0.260 e. The summed E-state index contributed by atoms with van der Waals surface area (Å²) >= 11 is 0. The summed E-state index contributed by atoms with van der Waals surface area (Å²) in [5, 5.41) is 9.32. The Morgan fingerprint density at radius 3 is 2.50 bits per heavy atom. The van der Waals surface area contributed by atoms with Gasteiger partial charge < -0.3 is 14.6 Å². The normalized spacial score (nSPS) is 29.1. The Labute approximate surface area is 153 Å². The minimum absolute atomic E-state index is 0.0798. The second kappa shape index (κ2) is 6.90. The molecule has 2 saturated heterocycles. The molecule has 0 spiro atoms. The number of rotatable bonds is 5. The Kier molecular flexibility index (Phi) is 5.11. The summed E-state index contributed by atoms with van der Waals surface area (Å²) in [5.74, 6) is -2.03. The van der Waals surface area contributed by atoms with Crippen molar-refractivity contribution in [3.63, 3.8) is 0 Å². The van der Waals surface area contributed by atoms with E-state index in [1.54, 1.807) is 26.0 Å². The number of benzene rings is 1. The first kappa shape index (κ1) is 19.2. The topological polar surface area (TPSA) is 105 Å². The molecule has 1 unspecified atom stereocenters. The molecule has 2 N–H and O–H groups in total. The molecule has 3 rings (SSSR count). The second-order valence-electron chi connectivity index (χ2n) is 7.07. The summed E-state index contributed by atoms with van der Waals surface area (Å²) < 4.78 is 38.6. The Balaban J connectivity index is 1.98. The van der Waals surface area contributed by atoms with E-state index in [9.17, 15) is 18.3 Å². The van der Waals surface area contributed by atoms with Crippen LogP contribution in [-0.2, 0) is 24.3 Å². The number of hydrogen-bond acceptors (Lipinski definition) is 6. The summed E-state index contributed by atoms with van der Waals surface area (Å²) in [7, 11) is -3.98. The molecule has 3 atom stereocenters. The highest BCUT2D eigenvalue weighted by molar-refractivity contribution is 7.89. The van der Waals surface area contributed by atoms with Gasteiger partial charge in [-0.25, -0.2) is 8.42 Å². The van der Waals surface area contributed by atoms with Gasteiger partial charge in [-0.2, -0.15) is 0 Å². The number of carbonyl (C=O) groups excluding carboxylic acids is 1. The lowest BCUT2D eigenvalue weighted by molar-refractivity contribution is -0.145. The molecule has 2 heterocycles. The number of aryl methyl sites for hydroxylation is 1. The lowest BCUT2D eigenvalue weighted by atomic mass is 9.94. The maximum atomic E-state index is 13.1. The summed E-state index contributed by atoms with van der Waals surface area (Å²) in [6.07, 6.45) is -0.489. The predicted molar refractivity (Wildman–Crippen MR) is 92.2 cm³/mol. The van der Waals surface area contributed by atoms with Crippen molar-refractivity contribution in [2.24, 2.45) is 5.92 Å². The zero-order chi connectivity index (χ0) is 19.1. The van der Waals surface area contributed by atoms with Crippen molar-refractivity contribution in [1.82, 2.24) is 9.84 Å². The lowest BCUT2D eigenvalue weighted by Gasteiger charge is -2.29. The van der Waals surface area contributed by atoms with E-state index in [2.05, 4.69) is 5.43 Å². The number of ether oxygens (including phenoxy) is 2. The van der Waals surface area contributed by atoms with Crippen LogP contribution in [0.3, 0.4) is 0 Å². The molecule has 8 nitrogen and oxygen atoms in total. The summed E-state index contributed by atoms with van der Waals surface area (Å²) in [6.45, 7) is 5.26. The Hall–Kier alpha value is -1.52. The highest BCUT2D eigenvalue weighted by atomic mass is 32.2. The van der Waals surface area contributed by atoms with Crippen LogP contribution in [0.25, 0.3) is 0 Å². The summed E-state index contributed by atoms with van der Waals surface area (Å²) in [6, 6.07) is 5.60. The quantitative estimate of drug-likeness (QED) is 0.768. The number of hydrazine groups is 1. The third kappa shape index (κ3) is 3.49. The van der Waals surface area contributed by atoms with Crippen LogP contribution < -0.4 is 5.43 Å². The standard InChI is InChI=1S/C17H24N2O6S/c1-11-4-6-12(7-5-11)26(22,23)19-15(13(8-9-20)16(21)18-19)14-10-24-17(2,3)25-14/h4-7,13-15,20H,8-10H2,1-3H3,(H,18,21)/t13?,14-,15-/m1/s1. The monoisotopic (exact) mass is 384 g/mol. The van der Waals surface area contributed by atoms with Crippen molar-refractivity contribution in [3.05, 3.63) is 29.8 Å². The van der Waals surface area contributed by atoms with E-state index in [4.69, 9.17) is 9.47 Å². The van der Waals surface area contributed by atoms with Gasteiger partial charge in [0.1, 0.15) is 6.10 Å². The minimum atomic E-state index is -3.98. The minimum Gasteiger partial charge on any atom is -0.396 e. The number of aliphatic hydroxyl groups excluding tert-OH is 1. The van der Waals surface area contributed by atoms with Gasteiger partial charge in [0.2, 0.25) is 5.91 Å². The zero-order valence-corrected chi connectivity index (χ0v) is 15.8. The van der Waals surface area contributed by atoms with Crippen molar-refractivity contribution >= 4 is 15.9 Å². The predicted octanol–water partition coefficient (Wildman–Crippen LogP) is 0.549. The van der Waals surface area contributed by atoms with E-state index in [1.165, 1.54) is 12.1 Å². The fourth-order valence-electron chi connectivity index (χ4n) is 3.36. The molecule has 144 valence electrons. The van der Waals surface area contributed by atoms with E-state index in [1.807, 2.05) is 6.92 Å². The molecular weight excluding hydrogens is 360 g/mol. The largest absolute Gasteiger partial charge is 0.396 e. The van der Waals surface area contributed by atoms with Crippen LogP contribution in [0.2, 0.25) is 0 Å². The Morgan fingerprint density at radius 1 is 1.31 bits per heavy atom. The Morgan fingerprint density at radius 2 is 1.96 bits per heavy atom. The maximum absolute atomic E-state index is 13.1. The molecular formula is C17H24N2O6S. The molecule has 1 aromatic carbocycles. The van der Waals surface area contributed by atoms with Crippen molar-refractivity contribution in [2.75, 3.05) is 13.2 Å². The zero-order valence-electron chi connectivity index (χ0n) is 15.0. The first-order valence-electron chi connectivity index (χ1n) is 8.50. The molecule has 2 fully saturated rings. The molecule has 9 heteroatoms. The maximum Gasteiger partial charge on any atom is 0.260 e. The lowest BCUT2D eigenvalue weighted by Crippen LogP contribution is -2.50. The van der Waals surface area contributed by atoms with Crippen LogP contribution in [0.1, 0.15) is 25.8 Å². The summed E-state index contributed by atoms with van der Waals surface area (Å²) in [5.41, 5.74) is 3.39. The van der Waals surface area contributed by atoms with Crippen LogP contribution in [0.4, 0.5) is 0 Å². The van der Waals surface area contributed by atoms with Gasteiger partial charge >= 0.3 is 0 Å². The Bertz CT molecular complexity index is 777. The average Bonchev–Trinajstić information content (AvgIpc) is 3.08. The van der Waals surface area contributed by atoms with Crippen LogP contribution in [0.5, 0.6) is 0 Å². The van der Waals surface area contributed by atoms with E-state index in [-0.39, 0.29) is 24.5 Å². The fourth-order valence-corrected chi connectivity index (χ4v) is 4.88. The highest BCUT2D eigenvalue weighted by Crippen LogP contribution is 2.35. The van der Waals surface area contributed by atoms with E-state index < -0.39 is 39.8 Å². The number of aliphatic hydroxyl groups is 1. The van der Waals surface area contributed by atoms with E-state index >= 15 is 0 Å². The van der Waals surface area contributed by atoms with Gasteiger partial charge in [0.15, 0.2) is 5.79 Å². The van der Waals surface area contributed by atoms with Gasteiger partial charge in [-0.05, 0) is 39.3 Å². The summed E-state index contributed by atoms with van der Waals surface area (Å²) in [4.78, 5) is 12.5. The SMILES string of the molecule is Cc1ccc(S(=O)(=O)N2NC(=O)C(CCO)[C@@H]2[C@H]2COC(C)(C)O2)cc1. The van der Waals surface area contributed by atoms with E-state index in [0.29, 0.717) is 0 Å². The first-order chi connectivity index (χ1) is 12.2.